The Labute approximate surface area is 139 Å². The maximum absolute atomic E-state index is 12.3. The predicted molar refractivity (Wildman–Crippen MR) is 88.8 cm³/mol. The van der Waals surface area contributed by atoms with Crippen LogP contribution >= 0.6 is 11.6 Å². The molecule has 6 heteroatoms. The summed E-state index contributed by atoms with van der Waals surface area (Å²) in [6, 6.07) is 10.0. The van der Waals surface area contributed by atoms with Gasteiger partial charge in [-0.3, -0.25) is 14.6 Å². The zero-order valence-electron chi connectivity index (χ0n) is 12.5. The predicted octanol–water partition coefficient (Wildman–Crippen LogP) is 3.22. The molecule has 0 bridgehead atoms. The van der Waals surface area contributed by atoms with E-state index >= 15 is 0 Å². The minimum absolute atomic E-state index is 0.125. The first-order chi connectivity index (χ1) is 11.1. The monoisotopic (exact) mass is 329 g/mol. The van der Waals surface area contributed by atoms with Crippen molar-refractivity contribution in [2.24, 2.45) is 0 Å². The Morgan fingerprint density at radius 2 is 1.91 bits per heavy atom. The maximum Gasteiger partial charge on any atom is 0.272 e. The summed E-state index contributed by atoms with van der Waals surface area (Å²) in [7, 11) is 0. The number of nitrogens with one attached hydrogen (secondary N) is 1. The number of amides is 2. The Hall–Kier alpha value is -2.40. The van der Waals surface area contributed by atoms with E-state index < -0.39 is 0 Å². The van der Waals surface area contributed by atoms with Crippen molar-refractivity contribution < 1.29 is 9.59 Å². The van der Waals surface area contributed by atoms with Gasteiger partial charge in [-0.2, -0.15) is 0 Å². The third-order valence-corrected chi connectivity index (χ3v) is 3.95. The van der Waals surface area contributed by atoms with Gasteiger partial charge in [-0.1, -0.05) is 17.7 Å². The molecular formula is C17H16ClN3O2. The molecule has 0 spiro atoms. The van der Waals surface area contributed by atoms with Gasteiger partial charge in [0.2, 0.25) is 0 Å². The molecule has 5 nitrogen and oxygen atoms in total. The van der Waals surface area contributed by atoms with Crippen molar-refractivity contribution in [2.75, 3.05) is 18.4 Å². The van der Waals surface area contributed by atoms with Crippen molar-refractivity contribution in [1.29, 1.82) is 0 Å². The molecule has 1 N–H and O–H groups in total. The van der Waals surface area contributed by atoms with Crippen LogP contribution in [0.15, 0.2) is 42.6 Å². The normalized spacial score (nSPS) is 13.9. The fourth-order valence-corrected chi connectivity index (χ4v) is 2.73. The number of likely N-dealkylation sites (tertiary alicyclic amines) is 1. The van der Waals surface area contributed by atoms with Crippen molar-refractivity contribution in [1.82, 2.24) is 9.88 Å². The molecule has 2 amide bonds. The van der Waals surface area contributed by atoms with Crippen molar-refractivity contribution in [3.63, 3.8) is 0 Å². The highest BCUT2D eigenvalue weighted by Gasteiger charge is 2.21. The summed E-state index contributed by atoms with van der Waals surface area (Å²) in [5.41, 5.74) is 1.29. The number of aromatic nitrogens is 1. The number of carbonyl (C=O) groups is 2. The van der Waals surface area contributed by atoms with Gasteiger partial charge in [0, 0.05) is 35.6 Å². The number of carbonyl (C=O) groups excluding carboxylic acids is 2. The van der Waals surface area contributed by atoms with Crippen LogP contribution in [0, 0.1) is 0 Å². The number of anilines is 1. The highest BCUT2D eigenvalue weighted by atomic mass is 35.5. The van der Waals surface area contributed by atoms with E-state index in [2.05, 4.69) is 10.3 Å². The summed E-state index contributed by atoms with van der Waals surface area (Å²) in [5, 5.41) is 3.30. The van der Waals surface area contributed by atoms with Gasteiger partial charge in [-0.25, -0.2) is 0 Å². The SMILES string of the molecule is O=C(Nc1cccc(Cl)c1)c1ccnc(C(=O)N2CCCC2)c1. The number of nitrogens with zero attached hydrogens (tertiary/aromatic N) is 2. The molecule has 0 radical (unpaired) electrons. The number of benzene rings is 1. The van der Waals surface area contributed by atoms with E-state index in [9.17, 15) is 9.59 Å². The van der Waals surface area contributed by atoms with Crippen molar-refractivity contribution >= 4 is 29.1 Å². The van der Waals surface area contributed by atoms with Gasteiger partial charge in [0.15, 0.2) is 0 Å². The first-order valence-electron chi connectivity index (χ1n) is 7.46. The lowest BCUT2D eigenvalue weighted by atomic mass is 10.2. The third kappa shape index (κ3) is 3.68. The van der Waals surface area contributed by atoms with E-state index in [1.807, 2.05) is 0 Å². The third-order valence-electron chi connectivity index (χ3n) is 3.72. The summed E-state index contributed by atoms with van der Waals surface area (Å²) in [5.74, 6) is -0.426. The van der Waals surface area contributed by atoms with E-state index in [4.69, 9.17) is 11.6 Å². The maximum atomic E-state index is 12.3. The molecule has 0 saturated carbocycles. The molecule has 1 saturated heterocycles. The van der Waals surface area contributed by atoms with E-state index in [-0.39, 0.29) is 11.8 Å². The van der Waals surface area contributed by atoms with E-state index in [1.165, 1.54) is 12.3 Å². The van der Waals surface area contributed by atoms with Crippen molar-refractivity contribution in [3.8, 4) is 0 Å². The first kappa shape index (κ1) is 15.5. The molecular weight excluding hydrogens is 314 g/mol. The summed E-state index contributed by atoms with van der Waals surface area (Å²) < 4.78 is 0. The first-order valence-corrected chi connectivity index (χ1v) is 7.83. The summed E-state index contributed by atoms with van der Waals surface area (Å²) in [6.45, 7) is 1.50. The standard InChI is InChI=1S/C17H16ClN3O2/c18-13-4-3-5-14(11-13)20-16(22)12-6-7-19-15(10-12)17(23)21-8-1-2-9-21/h3-7,10-11H,1-2,8-9H2,(H,20,22). The highest BCUT2D eigenvalue weighted by molar-refractivity contribution is 6.31. The molecule has 1 aromatic heterocycles. The number of rotatable bonds is 3. The number of hydrogen-bond donors (Lipinski definition) is 1. The molecule has 0 aliphatic carbocycles. The lowest BCUT2D eigenvalue weighted by Crippen LogP contribution is -2.28. The van der Waals surface area contributed by atoms with Crippen LogP contribution in [-0.2, 0) is 0 Å². The average Bonchev–Trinajstić information content (AvgIpc) is 3.09. The van der Waals surface area contributed by atoms with Gasteiger partial charge in [-0.05, 0) is 43.2 Å². The van der Waals surface area contributed by atoms with Gasteiger partial charge in [0.25, 0.3) is 11.8 Å². The van der Waals surface area contributed by atoms with Gasteiger partial charge >= 0.3 is 0 Å². The quantitative estimate of drug-likeness (QED) is 0.940. The summed E-state index contributed by atoms with van der Waals surface area (Å²) in [6.07, 6.45) is 3.51. The Morgan fingerprint density at radius 1 is 1.13 bits per heavy atom. The molecule has 23 heavy (non-hydrogen) atoms. The smallest absolute Gasteiger partial charge is 0.272 e. The zero-order chi connectivity index (χ0) is 16.2. The fraction of sp³-hybridized carbons (Fsp3) is 0.235. The van der Waals surface area contributed by atoms with Crippen molar-refractivity contribution in [2.45, 2.75) is 12.8 Å². The van der Waals surface area contributed by atoms with E-state index in [1.54, 1.807) is 35.2 Å². The van der Waals surface area contributed by atoms with Crippen molar-refractivity contribution in [3.05, 3.63) is 58.9 Å². The number of halogens is 1. The molecule has 0 atom stereocenters. The minimum Gasteiger partial charge on any atom is -0.337 e. The van der Waals surface area contributed by atoms with Crippen LogP contribution in [0.3, 0.4) is 0 Å². The molecule has 1 aliphatic heterocycles. The Kier molecular flexibility index (Phi) is 4.57. The average molecular weight is 330 g/mol. The molecule has 0 unspecified atom stereocenters. The molecule has 2 aromatic rings. The fourth-order valence-electron chi connectivity index (χ4n) is 2.54. The number of pyridine rings is 1. The van der Waals surface area contributed by atoms with E-state index in [0.717, 1.165) is 25.9 Å². The summed E-state index contributed by atoms with van der Waals surface area (Å²) in [4.78, 5) is 30.5. The molecule has 3 rings (SSSR count). The van der Waals surface area contributed by atoms with Crippen LogP contribution in [0.25, 0.3) is 0 Å². The Balaban J connectivity index is 1.76. The van der Waals surface area contributed by atoms with Crippen LogP contribution in [-0.4, -0.2) is 34.8 Å². The van der Waals surface area contributed by atoms with Crippen LogP contribution in [0.4, 0.5) is 5.69 Å². The Bertz CT molecular complexity index is 742. The van der Waals surface area contributed by atoms with Crippen LogP contribution < -0.4 is 5.32 Å². The van der Waals surface area contributed by atoms with Crippen LogP contribution in [0.2, 0.25) is 5.02 Å². The summed E-state index contributed by atoms with van der Waals surface area (Å²) >= 11 is 5.90. The van der Waals surface area contributed by atoms with E-state index in [0.29, 0.717) is 22.0 Å². The molecule has 1 fully saturated rings. The minimum atomic E-state index is -0.301. The largest absolute Gasteiger partial charge is 0.337 e. The second-order valence-corrected chi connectivity index (χ2v) is 5.83. The Morgan fingerprint density at radius 3 is 2.65 bits per heavy atom. The van der Waals surface area contributed by atoms with Crippen LogP contribution in [0.5, 0.6) is 0 Å². The topological polar surface area (TPSA) is 62.3 Å². The van der Waals surface area contributed by atoms with Gasteiger partial charge in [0.1, 0.15) is 5.69 Å². The zero-order valence-corrected chi connectivity index (χ0v) is 13.2. The second-order valence-electron chi connectivity index (χ2n) is 5.39. The van der Waals surface area contributed by atoms with Crippen LogP contribution in [0.1, 0.15) is 33.7 Å². The molecule has 118 valence electrons. The van der Waals surface area contributed by atoms with Gasteiger partial charge < -0.3 is 10.2 Å². The lowest BCUT2D eigenvalue weighted by molar-refractivity contribution is 0.0787. The molecule has 1 aromatic carbocycles. The molecule has 2 heterocycles. The second kappa shape index (κ2) is 6.79. The van der Waals surface area contributed by atoms with Gasteiger partial charge in [0.05, 0.1) is 0 Å². The highest BCUT2D eigenvalue weighted by Crippen LogP contribution is 2.17. The van der Waals surface area contributed by atoms with Gasteiger partial charge in [-0.15, -0.1) is 0 Å². The molecule has 1 aliphatic rings. The number of hydrogen-bond acceptors (Lipinski definition) is 3. The lowest BCUT2D eigenvalue weighted by Gasteiger charge is -2.14.